The van der Waals surface area contributed by atoms with Gasteiger partial charge in [-0.15, -0.1) is 24.4 Å². The largest absolute Gasteiger partial charge is 0.443 e. The highest BCUT2D eigenvalue weighted by molar-refractivity contribution is 8.00. The van der Waals surface area contributed by atoms with Crippen molar-refractivity contribution in [2.24, 2.45) is 5.92 Å². The predicted molar refractivity (Wildman–Crippen MR) is 285 cm³/mol. The fourth-order valence-electron chi connectivity index (χ4n) is 8.09. The van der Waals surface area contributed by atoms with Crippen LogP contribution < -0.4 is 0 Å². The molecule has 0 N–H and O–H groups in total. The fourth-order valence-corrected chi connectivity index (χ4v) is 9.58. The highest BCUT2D eigenvalue weighted by atomic mass is 32.2. The van der Waals surface area contributed by atoms with E-state index >= 15 is 0 Å². The Hall–Kier alpha value is -7.08. The van der Waals surface area contributed by atoms with Gasteiger partial charge in [0, 0.05) is 44.1 Å². The molecular weight excluding hydrogens is 1100 g/mol. The van der Waals surface area contributed by atoms with Crippen LogP contribution in [0.4, 0.5) is 44.7 Å². The molecule has 6 aromatic rings. The third-order valence-electron chi connectivity index (χ3n) is 12.0. The van der Waals surface area contributed by atoms with Gasteiger partial charge in [0.05, 0.1) is 54.2 Å². The molecule has 4 aromatic heterocycles. The molecule has 0 saturated heterocycles. The van der Waals surface area contributed by atoms with Gasteiger partial charge in [-0.1, -0.05) is 12.5 Å². The molecule has 14 nitrogen and oxygen atoms in total. The van der Waals surface area contributed by atoms with E-state index in [1.165, 1.54) is 57.5 Å². The van der Waals surface area contributed by atoms with Crippen LogP contribution in [0.25, 0.3) is 11.4 Å². The van der Waals surface area contributed by atoms with E-state index in [-0.39, 0.29) is 35.9 Å². The molecule has 80 heavy (non-hydrogen) atoms. The second-order valence-electron chi connectivity index (χ2n) is 20.7. The summed E-state index contributed by atoms with van der Waals surface area (Å²) in [5, 5.41) is 8.57. The van der Waals surface area contributed by atoms with E-state index in [1.807, 2.05) is 6.08 Å². The van der Waals surface area contributed by atoms with Gasteiger partial charge in [-0.05, 0) is 160 Å². The summed E-state index contributed by atoms with van der Waals surface area (Å²) in [6.07, 6.45) is 0.789. The molecule has 1 fully saturated rings. The van der Waals surface area contributed by atoms with Crippen LogP contribution in [0.3, 0.4) is 0 Å². The lowest BCUT2D eigenvalue weighted by Crippen LogP contribution is -2.44. The van der Waals surface area contributed by atoms with E-state index in [9.17, 15) is 54.3 Å². The van der Waals surface area contributed by atoms with E-state index in [2.05, 4.69) is 32.8 Å². The van der Waals surface area contributed by atoms with Gasteiger partial charge in [0.1, 0.15) is 34.2 Å². The van der Waals surface area contributed by atoms with Crippen LogP contribution >= 0.6 is 24.4 Å². The van der Waals surface area contributed by atoms with Crippen LogP contribution in [0.5, 0.6) is 0 Å². The van der Waals surface area contributed by atoms with Crippen molar-refractivity contribution in [2.75, 3.05) is 0 Å². The van der Waals surface area contributed by atoms with Crippen LogP contribution in [0, 0.1) is 31.4 Å². The number of ether oxygens (including phenoxy) is 2. The lowest BCUT2D eigenvalue weighted by atomic mass is 10.1. The van der Waals surface area contributed by atoms with Crippen molar-refractivity contribution in [2.45, 2.75) is 146 Å². The molecule has 4 heterocycles. The van der Waals surface area contributed by atoms with E-state index in [4.69, 9.17) is 9.47 Å². The second-order valence-corrected chi connectivity index (χ2v) is 22.5. The highest BCUT2D eigenvalue weighted by Crippen LogP contribution is 2.41. The van der Waals surface area contributed by atoms with Crippen molar-refractivity contribution >= 4 is 48.4 Å². The monoisotopic (exact) mass is 1160 g/mol. The number of alkyl halides is 6. The van der Waals surface area contributed by atoms with Crippen LogP contribution in [0.15, 0.2) is 119 Å². The summed E-state index contributed by atoms with van der Waals surface area (Å²) in [6.45, 7) is 13.4. The van der Waals surface area contributed by atoms with Gasteiger partial charge in [-0.25, -0.2) is 47.5 Å². The quantitative estimate of drug-likeness (QED) is 0.103. The van der Waals surface area contributed by atoms with E-state index in [1.54, 1.807) is 92.0 Å². The molecule has 0 spiro atoms. The summed E-state index contributed by atoms with van der Waals surface area (Å²) in [6, 6.07) is 16.3. The number of hydrogen-bond donors (Lipinski definition) is 1. The first-order valence-electron chi connectivity index (χ1n) is 25.2. The van der Waals surface area contributed by atoms with Crippen LogP contribution in [0.1, 0.15) is 114 Å². The Kier molecular flexibility index (Phi) is 20.2. The summed E-state index contributed by atoms with van der Waals surface area (Å²) in [7, 11) is 0. The number of thioether (sulfide) groups is 1. The molecule has 2 aliphatic carbocycles. The van der Waals surface area contributed by atoms with Crippen molar-refractivity contribution in [3.8, 4) is 11.4 Å². The number of nitrogens with zero attached hydrogens (tertiary/aromatic N) is 8. The van der Waals surface area contributed by atoms with Crippen molar-refractivity contribution in [1.29, 1.82) is 0 Å². The number of thiol groups is 1. The van der Waals surface area contributed by atoms with Gasteiger partial charge in [0.25, 0.3) is 5.91 Å². The third-order valence-corrected chi connectivity index (χ3v) is 13.7. The van der Waals surface area contributed by atoms with Crippen molar-refractivity contribution in [1.82, 2.24) is 39.3 Å². The van der Waals surface area contributed by atoms with E-state index < -0.39 is 59.0 Å². The van der Waals surface area contributed by atoms with Crippen molar-refractivity contribution < 1.29 is 63.8 Å². The van der Waals surface area contributed by atoms with Gasteiger partial charge < -0.3 is 9.47 Å². The third kappa shape index (κ3) is 17.7. The zero-order valence-electron chi connectivity index (χ0n) is 45.0. The molecule has 1 saturated carbocycles. The lowest BCUT2D eigenvalue weighted by molar-refractivity contribution is -0.141. The lowest BCUT2D eigenvalue weighted by Gasteiger charge is -2.29. The summed E-state index contributed by atoms with van der Waals surface area (Å²) in [5.74, 6) is -1.82. The van der Waals surface area contributed by atoms with Gasteiger partial charge >= 0.3 is 24.5 Å². The first kappa shape index (κ1) is 62.1. The molecule has 2 unspecified atom stereocenters. The van der Waals surface area contributed by atoms with Crippen LogP contribution in [0.2, 0.25) is 0 Å². The number of amides is 4. The number of benzene rings is 2. The molecule has 2 aliphatic rings. The minimum atomic E-state index is -4.56. The number of aromatic nitrogens is 6. The predicted octanol–water partition coefficient (Wildman–Crippen LogP) is 14.0. The molecule has 4 amide bonds. The van der Waals surface area contributed by atoms with Gasteiger partial charge in [0.15, 0.2) is 0 Å². The molecule has 0 radical (unpaired) electrons. The molecule has 0 bridgehead atoms. The Bertz CT molecular complexity index is 3110. The van der Waals surface area contributed by atoms with Crippen LogP contribution in [-0.4, -0.2) is 79.8 Å². The number of carbonyl (C=O) groups is 4. The molecular formula is C56H60F8N8O6S2. The number of pyridine rings is 2. The van der Waals surface area contributed by atoms with E-state index in [0.29, 0.717) is 52.3 Å². The number of imide groups is 2. The Morgan fingerprint density at radius 2 is 1.11 bits per heavy atom. The smallest absolute Gasteiger partial charge is 0.433 e. The normalized spacial score (nSPS) is 15.4. The molecule has 24 heteroatoms. The SMILES string of the molecule is Cc1nn(-c2ccc(C(F)(F)F)nc2)cc1CN(C(=O)OC(C)(C)C)C(=O)C1=CCCC1.Cc1nn(-c2ccc(C(F)(F)F)nc2)cc1CN(C(=O)OC(C)(C)C)C(=O)C1CCCC1Sc1ccc(F)cc1.Fc1ccc(S)cc1. The van der Waals surface area contributed by atoms with Gasteiger partial charge in [0.2, 0.25) is 5.91 Å². The number of hydrogen-bond acceptors (Lipinski definition) is 12. The van der Waals surface area contributed by atoms with Gasteiger partial charge in [-0.2, -0.15) is 36.5 Å². The maximum Gasteiger partial charge on any atom is 0.433 e. The fraction of sp³-hybridized carbons (Fsp3) is 0.393. The average Bonchev–Trinajstić information content (AvgIpc) is 4.22. The molecule has 2 atom stereocenters. The summed E-state index contributed by atoms with van der Waals surface area (Å²) < 4.78 is 116. The number of carbonyl (C=O) groups excluding carboxylic acids is 4. The Morgan fingerprint density at radius 1 is 0.650 bits per heavy atom. The van der Waals surface area contributed by atoms with Crippen molar-refractivity contribution in [3.05, 3.63) is 155 Å². The number of aryl methyl sites for hydroxylation is 2. The molecule has 0 aliphatic heterocycles. The molecule has 2 aromatic carbocycles. The van der Waals surface area contributed by atoms with E-state index in [0.717, 1.165) is 69.8 Å². The standard InChI is InChI=1S/C28H30F4N4O3S.C22H25F3N4O3.C6H5FS/c1-17-18(16-36(34-17)20-10-13-24(33-14-20)28(30,31)32)15-35(26(38)39-27(2,3)4)25(37)22-6-5-7-23(22)40-21-11-8-19(29)9-12-21;1-14-16(13-29(27-14)17-9-10-18(26-11-17)22(23,24)25)12-28(20(31)32-21(2,3)4)19(30)15-7-5-6-8-15;7-5-1-3-6(8)4-2-5/h8-14,16,22-23H,5-7,15H2,1-4H3;7,9-11,13H,5-6,8,12H2,1-4H3;1-4,8H. The first-order valence-corrected chi connectivity index (χ1v) is 26.5. The Labute approximate surface area is 467 Å². The summed E-state index contributed by atoms with van der Waals surface area (Å²) in [4.78, 5) is 63.6. The minimum absolute atomic E-state index is 0.0784. The number of rotatable bonds is 10. The maximum absolute atomic E-state index is 13.9. The Balaban J connectivity index is 0.000000230. The average molecular weight is 1160 g/mol. The first-order chi connectivity index (χ1) is 37.3. The summed E-state index contributed by atoms with van der Waals surface area (Å²) >= 11 is 5.45. The number of halogens is 8. The maximum atomic E-state index is 13.9. The highest BCUT2D eigenvalue weighted by Gasteiger charge is 2.40. The van der Waals surface area contributed by atoms with Crippen LogP contribution in [-0.2, 0) is 44.5 Å². The zero-order valence-corrected chi connectivity index (χ0v) is 46.7. The number of allylic oxidation sites excluding steroid dienone is 1. The topological polar surface area (TPSA) is 155 Å². The molecule has 428 valence electrons. The van der Waals surface area contributed by atoms with Crippen molar-refractivity contribution in [3.63, 3.8) is 0 Å². The van der Waals surface area contributed by atoms with Gasteiger partial charge in [-0.3, -0.25) is 9.59 Å². The molecule has 8 rings (SSSR count). The Morgan fingerprint density at radius 3 is 1.52 bits per heavy atom. The zero-order chi connectivity index (χ0) is 58.9. The minimum Gasteiger partial charge on any atom is -0.443 e. The second kappa shape index (κ2) is 26.0. The summed E-state index contributed by atoms with van der Waals surface area (Å²) in [5.41, 5.74) is -0.385.